The van der Waals surface area contributed by atoms with Crippen LogP contribution in [-0.4, -0.2) is 39.4 Å². The summed E-state index contributed by atoms with van der Waals surface area (Å²) < 4.78 is 40.0. The van der Waals surface area contributed by atoms with Crippen LogP contribution in [-0.2, 0) is 10.0 Å². The van der Waals surface area contributed by atoms with Gasteiger partial charge in [0.05, 0.1) is 0 Å². The molecule has 0 radical (unpaired) electrons. The second-order valence-electron chi connectivity index (χ2n) is 4.98. The third-order valence-electron chi connectivity index (χ3n) is 3.58. The SMILES string of the molecule is CNCC1CCN(S(=O)(=O)c2cc(Cl)ccc2F)CC1.Cl. The molecule has 1 aromatic carbocycles. The highest BCUT2D eigenvalue weighted by Crippen LogP contribution is 2.26. The number of benzene rings is 1. The second-order valence-corrected chi connectivity index (χ2v) is 7.32. The van der Waals surface area contributed by atoms with Crippen molar-refractivity contribution in [2.45, 2.75) is 17.7 Å². The zero-order chi connectivity index (χ0) is 14.8. The molecular formula is C13H19Cl2FN2O2S. The summed E-state index contributed by atoms with van der Waals surface area (Å²) in [6.07, 6.45) is 1.56. The smallest absolute Gasteiger partial charge is 0.246 e. The van der Waals surface area contributed by atoms with E-state index in [9.17, 15) is 12.8 Å². The molecule has 0 unspecified atom stereocenters. The van der Waals surface area contributed by atoms with Gasteiger partial charge in [0.15, 0.2) is 0 Å². The summed E-state index contributed by atoms with van der Waals surface area (Å²) in [6.45, 7) is 1.71. The van der Waals surface area contributed by atoms with E-state index in [4.69, 9.17) is 11.6 Å². The van der Waals surface area contributed by atoms with Crippen molar-refractivity contribution >= 4 is 34.0 Å². The minimum Gasteiger partial charge on any atom is -0.319 e. The quantitative estimate of drug-likeness (QED) is 0.901. The number of sulfonamides is 1. The first kappa shape index (κ1) is 18.6. The van der Waals surface area contributed by atoms with Crippen LogP contribution in [0.4, 0.5) is 4.39 Å². The summed E-state index contributed by atoms with van der Waals surface area (Å²) in [6, 6.07) is 3.60. The number of hydrogen-bond donors (Lipinski definition) is 1. The third kappa shape index (κ3) is 4.29. The van der Waals surface area contributed by atoms with Crippen LogP contribution in [0, 0.1) is 11.7 Å². The molecule has 8 heteroatoms. The molecule has 0 spiro atoms. The lowest BCUT2D eigenvalue weighted by molar-refractivity contribution is 0.270. The molecule has 1 aliphatic heterocycles. The highest BCUT2D eigenvalue weighted by molar-refractivity contribution is 7.89. The van der Waals surface area contributed by atoms with E-state index in [1.807, 2.05) is 7.05 Å². The first-order valence-electron chi connectivity index (χ1n) is 6.55. The average Bonchev–Trinajstić information content (AvgIpc) is 2.42. The fourth-order valence-corrected chi connectivity index (χ4v) is 4.25. The van der Waals surface area contributed by atoms with Gasteiger partial charge in [0.1, 0.15) is 10.7 Å². The Hall–Kier alpha value is -0.400. The average molecular weight is 357 g/mol. The van der Waals surface area contributed by atoms with Crippen LogP contribution in [0.3, 0.4) is 0 Å². The van der Waals surface area contributed by atoms with Crippen molar-refractivity contribution < 1.29 is 12.8 Å². The van der Waals surface area contributed by atoms with Gasteiger partial charge in [-0.25, -0.2) is 12.8 Å². The van der Waals surface area contributed by atoms with E-state index >= 15 is 0 Å². The second kappa shape index (κ2) is 7.74. The molecule has 21 heavy (non-hydrogen) atoms. The van der Waals surface area contributed by atoms with E-state index in [0.717, 1.165) is 25.5 Å². The van der Waals surface area contributed by atoms with Crippen LogP contribution in [0.15, 0.2) is 23.1 Å². The summed E-state index contributed by atoms with van der Waals surface area (Å²) in [5, 5.41) is 3.31. The minimum absolute atomic E-state index is 0. The maximum Gasteiger partial charge on any atom is 0.246 e. The Morgan fingerprint density at radius 1 is 1.38 bits per heavy atom. The largest absolute Gasteiger partial charge is 0.319 e. The van der Waals surface area contributed by atoms with Crippen molar-refractivity contribution in [3.8, 4) is 0 Å². The van der Waals surface area contributed by atoms with E-state index < -0.39 is 15.8 Å². The van der Waals surface area contributed by atoms with Crippen LogP contribution < -0.4 is 5.32 Å². The lowest BCUT2D eigenvalue weighted by atomic mass is 9.98. The van der Waals surface area contributed by atoms with E-state index in [2.05, 4.69) is 5.32 Å². The number of nitrogens with zero attached hydrogens (tertiary/aromatic N) is 1. The highest BCUT2D eigenvalue weighted by Gasteiger charge is 2.31. The van der Waals surface area contributed by atoms with Gasteiger partial charge in [-0.15, -0.1) is 12.4 Å². The fourth-order valence-electron chi connectivity index (χ4n) is 2.46. The number of rotatable bonds is 4. The van der Waals surface area contributed by atoms with Crippen LogP contribution in [0.25, 0.3) is 0 Å². The Morgan fingerprint density at radius 3 is 2.57 bits per heavy atom. The summed E-state index contributed by atoms with van der Waals surface area (Å²) in [5.74, 6) is -0.289. The van der Waals surface area contributed by atoms with Gasteiger partial charge < -0.3 is 5.32 Å². The Bertz CT molecular complexity index is 576. The minimum atomic E-state index is -3.80. The van der Waals surface area contributed by atoms with Crippen LogP contribution in [0.2, 0.25) is 5.02 Å². The van der Waals surface area contributed by atoms with Gasteiger partial charge in [-0.3, -0.25) is 0 Å². The predicted octanol–water partition coefficient (Wildman–Crippen LogP) is 2.52. The first-order chi connectivity index (χ1) is 9.45. The Kier molecular flexibility index (Phi) is 6.87. The van der Waals surface area contributed by atoms with Crippen molar-refractivity contribution in [1.82, 2.24) is 9.62 Å². The summed E-state index contributed by atoms with van der Waals surface area (Å²) in [5.41, 5.74) is 0. The van der Waals surface area contributed by atoms with Crippen molar-refractivity contribution in [3.63, 3.8) is 0 Å². The van der Waals surface area contributed by atoms with Crippen molar-refractivity contribution in [2.75, 3.05) is 26.7 Å². The highest BCUT2D eigenvalue weighted by atomic mass is 35.5. The van der Waals surface area contributed by atoms with Crippen molar-refractivity contribution in [3.05, 3.63) is 29.0 Å². The first-order valence-corrected chi connectivity index (χ1v) is 8.36. The van der Waals surface area contributed by atoms with Crippen LogP contribution >= 0.6 is 24.0 Å². The molecule has 120 valence electrons. The molecule has 0 saturated carbocycles. The summed E-state index contributed by atoms with van der Waals surface area (Å²) in [7, 11) is -1.92. The third-order valence-corrected chi connectivity index (χ3v) is 5.73. The molecule has 1 N–H and O–H groups in total. The van der Waals surface area contributed by atoms with E-state index in [0.29, 0.717) is 19.0 Å². The standard InChI is InChI=1S/C13H18ClFN2O2S.ClH/c1-16-9-10-4-6-17(7-5-10)20(18,19)13-8-11(14)2-3-12(13)15;/h2-3,8,10,16H,4-7,9H2,1H3;1H. The summed E-state index contributed by atoms with van der Waals surface area (Å²) >= 11 is 5.77. The fraction of sp³-hybridized carbons (Fsp3) is 0.538. The normalized spacial score (nSPS) is 17.5. The van der Waals surface area contributed by atoms with Crippen LogP contribution in [0.1, 0.15) is 12.8 Å². The van der Waals surface area contributed by atoms with Gasteiger partial charge in [0, 0.05) is 18.1 Å². The zero-order valence-corrected chi connectivity index (χ0v) is 14.1. The number of piperidine rings is 1. The molecule has 0 aromatic heterocycles. The predicted molar refractivity (Wildman–Crippen MR) is 84.1 cm³/mol. The van der Waals surface area contributed by atoms with Gasteiger partial charge in [-0.2, -0.15) is 4.31 Å². The molecular weight excluding hydrogens is 338 g/mol. The maximum atomic E-state index is 13.7. The molecule has 0 atom stereocenters. The molecule has 2 rings (SSSR count). The molecule has 4 nitrogen and oxygen atoms in total. The summed E-state index contributed by atoms with van der Waals surface area (Å²) in [4.78, 5) is -0.336. The van der Waals surface area contributed by atoms with Gasteiger partial charge in [-0.1, -0.05) is 11.6 Å². The number of nitrogens with one attached hydrogen (secondary N) is 1. The Balaban J connectivity index is 0.00000220. The van der Waals surface area contributed by atoms with Crippen molar-refractivity contribution in [1.29, 1.82) is 0 Å². The molecule has 1 aromatic rings. The molecule has 0 amide bonds. The van der Waals surface area contributed by atoms with E-state index in [1.54, 1.807) is 0 Å². The molecule has 1 fully saturated rings. The lowest BCUT2D eigenvalue weighted by Gasteiger charge is -2.31. The van der Waals surface area contributed by atoms with Crippen molar-refractivity contribution in [2.24, 2.45) is 5.92 Å². The van der Waals surface area contributed by atoms with Crippen LogP contribution in [0.5, 0.6) is 0 Å². The Labute approximate surface area is 136 Å². The van der Waals surface area contributed by atoms with Gasteiger partial charge in [0.2, 0.25) is 10.0 Å². The molecule has 1 aliphatic rings. The lowest BCUT2D eigenvalue weighted by Crippen LogP contribution is -2.40. The molecule has 1 saturated heterocycles. The van der Waals surface area contributed by atoms with E-state index in [1.165, 1.54) is 16.4 Å². The Morgan fingerprint density at radius 2 is 2.00 bits per heavy atom. The molecule has 1 heterocycles. The zero-order valence-electron chi connectivity index (χ0n) is 11.7. The molecule has 0 bridgehead atoms. The monoisotopic (exact) mass is 356 g/mol. The molecule has 0 aliphatic carbocycles. The number of halogens is 3. The topological polar surface area (TPSA) is 49.4 Å². The van der Waals surface area contributed by atoms with E-state index in [-0.39, 0.29) is 22.3 Å². The van der Waals surface area contributed by atoms with Gasteiger partial charge >= 0.3 is 0 Å². The number of hydrogen-bond acceptors (Lipinski definition) is 3. The van der Waals surface area contributed by atoms with Gasteiger partial charge in [-0.05, 0) is 50.6 Å². The maximum absolute atomic E-state index is 13.7. The van der Waals surface area contributed by atoms with Gasteiger partial charge in [0.25, 0.3) is 0 Å².